The van der Waals surface area contributed by atoms with Gasteiger partial charge in [-0.25, -0.2) is 4.98 Å². The van der Waals surface area contributed by atoms with E-state index in [0.29, 0.717) is 22.7 Å². The number of amides is 2. The number of likely N-dealkylation sites (tertiary alicyclic amines) is 1. The van der Waals surface area contributed by atoms with E-state index in [1.165, 1.54) is 5.69 Å². The van der Waals surface area contributed by atoms with Crippen molar-refractivity contribution in [2.75, 3.05) is 11.9 Å². The Hall–Kier alpha value is -2.41. The number of hydrogen-bond donors (Lipinski definition) is 1. The molecule has 3 aliphatic rings. The molecule has 8 heteroatoms. The van der Waals surface area contributed by atoms with Gasteiger partial charge in [-0.1, -0.05) is 32.4 Å². The first kappa shape index (κ1) is 21.4. The van der Waals surface area contributed by atoms with Gasteiger partial charge in [-0.15, -0.1) is 0 Å². The van der Waals surface area contributed by atoms with Crippen LogP contribution in [0.3, 0.4) is 0 Å². The zero-order valence-electron chi connectivity index (χ0n) is 19.1. The molecule has 2 aliphatic heterocycles. The number of nitrogens with zero attached hydrogens (tertiary/aromatic N) is 4. The van der Waals surface area contributed by atoms with Gasteiger partial charge in [0.05, 0.1) is 11.2 Å². The largest absolute Gasteiger partial charge is 0.340 e. The highest BCUT2D eigenvalue weighted by Crippen LogP contribution is 2.46. The highest BCUT2D eigenvalue weighted by molar-refractivity contribution is 6.33. The van der Waals surface area contributed by atoms with E-state index in [0.717, 1.165) is 43.5 Å². The average molecular weight is 456 g/mol. The molecule has 32 heavy (non-hydrogen) atoms. The highest BCUT2D eigenvalue weighted by Gasteiger charge is 2.48. The Balaban J connectivity index is 1.31. The molecule has 2 amide bonds. The fourth-order valence-electron chi connectivity index (χ4n) is 6.01. The van der Waals surface area contributed by atoms with Crippen molar-refractivity contribution in [3.05, 3.63) is 29.2 Å². The molecule has 4 atom stereocenters. The lowest BCUT2D eigenvalue weighted by Crippen LogP contribution is -2.41. The first-order chi connectivity index (χ1) is 15.1. The number of halogens is 1. The number of nitrogens with one attached hydrogen (secondary N) is 1. The minimum atomic E-state index is -0.138. The average Bonchev–Trinajstić information content (AvgIpc) is 3.48. The van der Waals surface area contributed by atoms with Crippen LogP contribution < -0.4 is 5.32 Å². The monoisotopic (exact) mass is 455 g/mol. The normalized spacial score (nSPS) is 26.3. The molecule has 4 unspecified atom stereocenters. The van der Waals surface area contributed by atoms with Crippen molar-refractivity contribution in [3.8, 4) is 11.1 Å². The number of rotatable bonds is 4. The summed E-state index contributed by atoms with van der Waals surface area (Å²) in [6, 6.07) is 2.14. The van der Waals surface area contributed by atoms with E-state index < -0.39 is 0 Å². The third-order valence-electron chi connectivity index (χ3n) is 7.63. The maximum absolute atomic E-state index is 13.1. The molecule has 2 aromatic heterocycles. The van der Waals surface area contributed by atoms with Gasteiger partial charge in [-0.05, 0) is 42.6 Å². The van der Waals surface area contributed by atoms with E-state index in [-0.39, 0.29) is 29.2 Å². The Kier molecular flexibility index (Phi) is 5.08. The minimum absolute atomic E-state index is 0.0286. The van der Waals surface area contributed by atoms with Crippen LogP contribution in [-0.2, 0) is 22.6 Å². The predicted molar refractivity (Wildman–Crippen MR) is 123 cm³/mol. The number of carbonyl (C=O) groups excluding carboxylic acids is 2. The second-order valence-electron chi connectivity index (χ2n) is 10.6. The summed E-state index contributed by atoms with van der Waals surface area (Å²) in [5, 5.41) is 8.10. The van der Waals surface area contributed by atoms with Gasteiger partial charge >= 0.3 is 0 Å². The molecule has 1 N–H and O–H groups in total. The van der Waals surface area contributed by atoms with E-state index in [1.807, 2.05) is 28.8 Å². The molecule has 0 spiro atoms. The number of anilines is 1. The maximum atomic E-state index is 13.1. The Bertz CT molecular complexity index is 1090. The lowest BCUT2D eigenvalue weighted by atomic mass is 9.83. The van der Waals surface area contributed by atoms with Crippen LogP contribution in [0.4, 0.5) is 5.82 Å². The Morgan fingerprint density at radius 3 is 2.72 bits per heavy atom. The van der Waals surface area contributed by atoms with E-state index in [1.54, 1.807) is 13.1 Å². The molecule has 1 saturated carbocycles. The smallest absolute Gasteiger partial charge is 0.228 e. The van der Waals surface area contributed by atoms with Gasteiger partial charge in [0.2, 0.25) is 11.8 Å². The third kappa shape index (κ3) is 3.60. The van der Waals surface area contributed by atoms with Gasteiger partial charge in [-0.2, -0.15) is 5.10 Å². The SMILES string of the molecule is CC(=O)N1CC2CC1CC2C(C)C(=O)Nc1cc(-c2cnn3c2CC(C)(C)C3)c(Cl)cn1. The lowest BCUT2D eigenvalue weighted by molar-refractivity contribution is -0.131. The Labute approximate surface area is 193 Å². The predicted octanol–water partition coefficient (Wildman–Crippen LogP) is 4.01. The number of pyridine rings is 1. The zero-order chi connectivity index (χ0) is 22.8. The van der Waals surface area contributed by atoms with Gasteiger partial charge in [-0.3, -0.25) is 14.3 Å². The van der Waals surface area contributed by atoms with Crippen LogP contribution >= 0.6 is 11.6 Å². The van der Waals surface area contributed by atoms with E-state index in [9.17, 15) is 9.59 Å². The van der Waals surface area contributed by atoms with Crippen LogP contribution in [0.5, 0.6) is 0 Å². The third-order valence-corrected chi connectivity index (χ3v) is 7.93. The van der Waals surface area contributed by atoms with Crippen molar-refractivity contribution in [1.82, 2.24) is 19.7 Å². The molecule has 170 valence electrons. The molecule has 4 heterocycles. The van der Waals surface area contributed by atoms with Crippen LogP contribution in [-0.4, -0.2) is 44.1 Å². The van der Waals surface area contributed by atoms with Gasteiger partial charge < -0.3 is 10.2 Å². The molecule has 0 radical (unpaired) electrons. The summed E-state index contributed by atoms with van der Waals surface area (Å²) in [7, 11) is 0. The van der Waals surface area contributed by atoms with Crippen LogP contribution in [0.1, 0.15) is 46.2 Å². The molecule has 0 aromatic carbocycles. The summed E-state index contributed by atoms with van der Waals surface area (Å²) in [6.07, 6.45) is 6.30. The summed E-state index contributed by atoms with van der Waals surface area (Å²) < 4.78 is 2.05. The van der Waals surface area contributed by atoms with Crippen molar-refractivity contribution >= 4 is 29.2 Å². The van der Waals surface area contributed by atoms with Crippen LogP contribution in [0, 0.1) is 23.2 Å². The Morgan fingerprint density at radius 2 is 2.03 bits per heavy atom. The molecule has 7 nitrogen and oxygen atoms in total. The van der Waals surface area contributed by atoms with Gasteiger partial charge in [0.1, 0.15) is 5.82 Å². The molecule has 2 aromatic rings. The first-order valence-corrected chi connectivity index (χ1v) is 11.8. The molecule has 2 bridgehead atoms. The summed E-state index contributed by atoms with van der Waals surface area (Å²) in [5.41, 5.74) is 3.19. The van der Waals surface area contributed by atoms with Crippen molar-refractivity contribution in [2.24, 2.45) is 23.2 Å². The van der Waals surface area contributed by atoms with E-state index >= 15 is 0 Å². The van der Waals surface area contributed by atoms with Crippen LogP contribution in [0.2, 0.25) is 5.02 Å². The van der Waals surface area contributed by atoms with E-state index in [4.69, 9.17) is 11.6 Å². The Morgan fingerprint density at radius 1 is 1.25 bits per heavy atom. The molecule has 2 fully saturated rings. The number of aromatic nitrogens is 3. The fraction of sp³-hybridized carbons (Fsp3) is 0.583. The lowest BCUT2D eigenvalue weighted by Gasteiger charge is -2.33. The van der Waals surface area contributed by atoms with Crippen LogP contribution in [0.15, 0.2) is 18.5 Å². The summed E-state index contributed by atoms with van der Waals surface area (Å²) in [6.45, 7) is 9.75. The second-order valence-corrected chi connectivity index (χ2v) is 11.0. The molecular formula is C24H30ClN5O2. The van der Waals surface area contributed by atoms with Gasteiger partial charge in [0.15, 0.2) is 0 Å². The number of fused-ring (bicyclic) bond motifs is 3. The van der Waals surface area contributed by atoms with Crippen molar-refractivity contribution in [2.45, 2.75) is 59.5 Å². The molecule has 1 saturated heterocycles. The number of carbonyl (C=O) groups is 2. The van der Waals surface area contributed by atoms with Crippen LogP contribution in [0.25, 0.3) is 11.1 Å². The second kappa shape index (κ2) is 7.58. The fourth-order valence-corrected chi connectivity index (χ4v) is 6.22. The first-order valence-electron chi connectivity index (χ1n) is 11.4. The van der Waals surface area contributed by atoms with Crippen molar-refractivity contribution in [1.29, 1.82) is 0 Å². The highest BCUT2D eigenvalue weighted by atomic mass is 35.5. The molecule has 5 rings (SSSR count). The number of piperidine rings is 1. The summed E-state index contributed by atoms with van der Waals surface area (Å²) in [4.78, 5) is 31.2. The quantitative estimate of drug-likeness (QED) is 0.755. The minimum Gasteiger partial charge on any atom is -0.340 e. The van der Waals surface area contributed by atoms with Crippen molar-refractivity contribution < 1.29 is 9.59 Å². The van der Waals surface area contributed by atoms with Crippen molar-refractivity contribution in [3.63, 3.8) is 0 Å². The standard InChI is InChI=1S/C24H30ClN5O2/c1-13(17-6-16-5-15(17)11-29(16)14(2)31)23(32)28-22-7-18(20(25)10-26-22)19-9-27-30-12-24(3,4)8-21(19)30/h7,9-10,13,15-17H,5-6,8,11-12H2,1-4H3,(H,26,28,32). The topological polar surface area (TPSA) is 80.1 Å². The molecule has 1 aliphatic carbocycles. The summed E-state index contributed by atoms with van der Waals surface area (Å²) in [5.74, 6) is 1.17. The summed E-state index contributed by atoms with van der Waals surface area (Å²) >= 11 is 6.50. The maximum Gasteiger partial charge on any atom is 0.228 e. The van der Waals surface area contributed by atoms with E-state index in [2.05, 4.69) is 29.2 Å². The van der Waals surface area contributed by atoms with Gasteiger partial charge in [0, 0.05) is 55.0 Å². The number of hydrogen-bond acceptors (Lipinski definition) is 4. The molecular weight excluding hydrogens is 426 g/mol. The van der Waals surface area contributed by atoms with Gasteiger partial charge in [0.25, 0.3) is 0 Å². The zero-order valence-corrected chi connectivity index (χ0v) is 19.8.